The van der Waals surface area contributed by atoms with Crippen LogP contribution in [0.3, 0.4) is 0 Å². The zero-order valence-corrected chi connectivity index (χ0v) is 14.0. The molecule has 0 spiro atoms. The van der Waals surface area contributed by atoms with E-state index in [2.05, 4.69) is 4.98 Å². The average Bonchev–Trinajstić information content (AvgIpc) is 2.98. The normalized spacial score (nSPS) is 17.1. The van der Waals surface area contributed by atoms with Gasteiger partial charge in [-0.1, -0.05) is 12.1 Å². The summed E-state index contributed by atoms with van der Waals surface area (Å²) < 4.78 is 67.7. The van der Waals surface area contributed by atoms with Crippen LogP contribution in [0.25, 0.3) is 0 Å². The van der Waals surface area contributed by atoms with Gasteiger partial charge in [0.05, 0.1) is 18.8 Å². The summed E-state index contributed by atoms with van der Waals surface area (Å²) in [5.74, 6) is -4.08. The Labute approximate surface area is 147 Å². The number of aromatic nitrogens is 2. The molecule has 0 amide bonds. The van der Waals surface area contributed by atoms with Gasteiger partial charge in [0, 0.05) is 6.20 Å². The van der Waals surface area contributed by atoms with Gasteiger partial charge in [0.15, 0.2) is 6.61 Å². The number of imidazole rings is 1. The first kappa shape index (κ1) is 18.5. The van der Waals surface area contributed by atoms with Crippen LogP contribution in [0, 0.1) is 6.92 Å². The summed E-state index contributed by atoms with van der Waals surface area (Å²) in [5, 5.41) is 0. The van der Waals surface area contributed by atoms with E-state index in [0.29, 0.717) is 25.8 Å². The third-order valence-electron chi connectivity index (χ3n) is 3.82. The first-order chi connectivity index (χ1) is 12.3. The second-order valence-corrected chi connectivity index (χ2v) is 6.06. The quantitative estimate of drug-likeness (QED) is 0.697. The van der Waals surface area contributed by atoms with E-state index < -0.39 is 19.0 Å². The van der Waals surface area contributed by atoms with Crippen molar-refractivity contribution < 1.29 is 31.8 Å². The highest BCUT2D eigenvalue weighted by Crippen LogP contribution is 2.25. The van der Waals surface area contributed by atoms with E-state index in [1.165, 1.54) is 12.1 Å². The molecule has 5 nitrogen and oxygen atoms in total. The lowest BCUT2D eigenvalue weighted by Gasteiger charge is -2.24. The minimum absolute atomic E-state index is 0.0913. The van der Waals surface area contributed by atoms with Gasteiger partial charge in [0.25, 0.3) is 6.01 Å². The summed E-state index contributed by atoms with van der Waals surface area (Å²) in [5.41, 5.74) is 1.67. The first-order valence-corrected chi connectivity index (χ1v) is 7.99. The molecule has 0 fully saturated rings. The Morgan fingerprint density at radius 1 is 1.31 bits per heavy atom. The number of ether oxygens (including phenoxy) is 3. The first-order valence-electron chi connectivity index (χ1n) is 7.99. The van der Waals surface area contributed by atoms with Crippen molar-refractivity contribution in [3.8, 4) is 11.8 Å². The second-order valence-electron chi connectivity index (χ2n) is 6.06. The van der Waals surface area contributed by atoms with Gasteiger partial charge in [0.2, 0.25) is 0 Å². The van der Waals surface area contributed by atoms with E-state index in [4.69, 9.17) is 14.2 Å². The molecule has 0 bridgehead atoms. The Morgan fingerprint density at radius 2 is 2.04 bits per heavy atom. The molecule has 26 heavy (non-hydrogen) atoms. The SMILES string of the molecule is Cc1cn2c(n1)OCC(OCc1ccc(OCC(F)(F)C(F)F)cc1)C2. The predicted molar refractivity (Wildman–Crippen MR) is 83.9 cm³/mol. The van der Waals surface area contributed by atoms with Gasteiger partial charge in [-0.05, 0) is 24.6 Å². The molecule has 2 aromatic rings. The van der Waals surface area contributed by atoms with E-state index in [-0.39, 0.29) is 11.9 Å². The highest BCUT2D eigenvalue weighted by atomic mass is 19.3. The fourth-order valence-corrected chi connectivity index (χ4v) is 2.45. The number of nitrogens with zero attached hydrogens (tertiary/aromatic N) is 2. The van der Waals surface area contributed by atoms with Gasteiger partial charge in [-0.2, -0.15) is 8.78 Å². The standard InChI is InChI=1S/C17H18F4N2O3/c1-11-6-23-7-14(9-25-16(23)22-11)24-8-12-2-4-13(5-3-12)26-10-17(20,21)15(18)19/h2-6,14-15H,7-10H2,1H3. The zero-order chi connectivity index (χ0) is 18.7. The predicted octanol–water partition coefficient (Wildman–Crippen LogP) is 3.45. The highest BCUT2D eigenvalue weighted by Gasteiger charge is 2.41. The molecule has 9 heteroatoms. The number of halogens is 4. The molecule has 0 saturated carbocycles. The van der Waals surface area contributed by atoms with Crippen molar-refractivity contribution in [2.75, 3.05) is 13.2 Å². The van der Waals surface area contributed by atoms with Crippen molar-refractivity contribution in [1.29, 1.82) is 0 Å². The minimum atomic E-state index is -4.17. The molecule has 1 aromatic heterocycles. The number of hydrogen-bond donors (Lipinski definition) is 0. The highest BCUT2D eigenvalue weighted by molar-refractivity contribution is 5.27. The number of alkyl halides is 4. The molecule has 1 aliphatic rings. The summed E-state index contributed by atoms with van der Waals surface area (Å²) >= 11 is 0. The Morgan fingerprint density at radius 3 is 2.73 bits per heavy atom. The number of aryl methyl sites for hydroxylation is 1. The largest absolute Gasteiger partial charge is 0.487 e. The van der Waals surface area contributed by atoms with Gasteiger partial charge < -0.3 is 14.2 Å². The van der Waals surface area contributed by atoms with E-state index >= 15 is 0 Å². The summed E-state index contributed by atoms with van der Waals surface area (Å²) in [4.78, 5) is 4.23. The molecule has 0 radical (unpaired) electrons. The molecule has 1 aromatic carbocycles. The Balaban J connectivity index is 1.48. The summed E-state index contributed by atoms with van der Waals surface area (Å²) in [6.45, 7) is 1.82. The molecule has 0 saturated heterocycles. The lowest BCUT2D eigenvalue weighted by molar-refractivity contribution is -0.148. The lowest BCUT2D eigenvalue weighted by atomic mass is 10.2. The summed E-state index contributed by atoms with van der Waals surface area (Å²) in [7, 11) is 0. The van der Waals surface area contributed by atoms with Crippen LogP contribution < -0.4 is 9.47 Å². The molecular formula is C17H18F4N2O3. The minimum Gasteiger partial charge on any atom is -0.487 e. The molecule has 3 rings (SSSR count). The number of hydrogen-bond acceptors (Lipinski definition) is 4. The van der Waals surface area contributed by atoms with Crippen LogP contribution in [-0.4, -0.2) is 41.2 Å². The van der Waals surface area contributed by atoms with Gasteiger partial charge in [-0.15, -0.1) is 0 Å². The Hall–Kier alpha value is -2.29. The smallest absolute Gasteiger partial charge is 0.340 e. The molecule has 1 atom stereocenters. The van der Waals surface area contributed by atoms with Crippen LogP contribution >= 0.6 is 0 Å². The van der Waals surface area contributed by atoms with Crippen molar-refractivity contribution in [3.63, 3.8) is 0 Å². The van der Waals surface area contributed by atoms with Crippen molar-refractivity contribution in [2.45, 2.75) is 38.5 Å². The number of fused-ring (bicyclic) bond motifs is 1. The van der Waals surface area contributed by atoms with Crippen LogP contribution in [0.1, 0.15) is 11.3 Å². The average molecular weight is 374 g/mol. The molecule has 2 heterocycles. The fourth-order valence-electron chi connectivity index (χ4n) is 2.45. The van der Waals surface area contributed by atoms with Crippen molar-refractivity contribution >= 4 is 0 Å². The zero-order valence-electron chi connectivity index (χ0n) is 14.0. The van der Waals surface area contributed by atoms with Crippen LogP contribution in [0.2, 0.25) is 0 Å². The fraction of sp³-hybridized carbons (Fsp3) is 0.471. The molecule has 1 aliphatic heterocycles. The number of rotatable bonds is 7. The van der Waals surface area contributed by atoms with Gasteiger partial charge in [-0.25, -0.2) is 13.8 Å². The van der Waals surface area contributed by atoms with E-state index in [0.717, 1.165) is 11.3 Å². The van der Waals surface area contributed by atoms with Crippen LogP contribution in [0.5, 0.6) is 11.8 Å². The molecule has 142 valence electrons. The molecule has 1 unspecified atom stereocenters. The van der Waals surface area contributed by atoms with Gasteiger partial charge in [-0.3, -0.25) is 4.57 Å². The summed E-state index contributed by atoms with van der Waals surface area (Å²) in [6, 6.07) is 6.71. The van der Waals surface area contributed by atoms with E-state index in [9.17, 15) is 17.6 Å². The van der Waals surface area contributed by atoms with Crippen LogP contribution in [0.15, 0.2) is 30.5 Å². The van der Waals surface area contributed by atoms with Gasteiger partial charge in [0.1, 0.15) is 18.5 Å². The summed E-state index contributed by atoms with van der Waals surface area (Å²) in [6.07, 6.45) is -2.02. The Bertz CT molecular complexity index is 734. The molecule has 0 N–H and O–H groups in total. The number of benzene rings is 1. The lowest BCUT2D eigenvalue weighted by Crippen LogP contribution is -2.33. The van der Waals surface area contributed by atoms with Crippen LogP contribution in [0.4, 0.5) is 17.6 Å². The maximum absolute atomic E-state index is 12.8. The third-order valence-corrected chi connectivity index (χ3v) is 3.82. The topological polar surface area (TPSA) is 45.5 Å². The Kier molecular flexibility index (Phi) is 5.36. The van der Waals surface area contributed by atoms with Crippen molar-refractivity contribution in [3.05, 3.63) is 41.7 Å². The van der Waals surface area contributed by atoms with Crippen molar-refractivity contribution in [1.82, 2.24) is 9.55 Å². The monoisotopic (exact) mass is 374 g/mol. The van der Waals surface area contributed by atoms with Crippen LogP contribution in [-0.2, 0) is 17.9 Å². The van der Waals surface area contributed by atoms with Crippen molar-refractivity contribution in [2.24, 2.45) is 0 Å². The van der Waals surface area contributed by atoms with E-state index in [1.54, 1.807) is 12.1 Å². The maximum atomic E-state index is 12.8. The molecular weight excluding hydrogens is 356 g/mol. The van der Waals surface area contributed by atoms with E-state index in [1.807, 2.05) is 17.7 Å². The maximum Gasteiger partial charge on any atom is 0.340 e. The van der Waals surface area contributed by atoms with Gasteiger partial charge >= 0.3 is 12.3 Å². The third kappa shape index (κ3) is 4.46. The molecule has 0 aliphatic carbocycles. The second kappa shape index (κ2) is 7.53.